The smallest absolute Gasteiger partial charge is 0.204 e. The van der Waals surface area contributed by atoms with E-state index in [1.807, 2.05) is 43.3 Å². The summed E-state index contributed by atoms with van der Waals surface area (Å²) in [5.74, 6) is 1.40. The lowest BCUT2D eigenvalue weighted by Crippen LogP contribution is -1.97. The molecule has 1 heterocycles. The molecule has 0 aliphatic heterocycles. The minimum atomic E-state index is 0.567. The van der Waals surface area contributed by atoms with E-state index in [2.05, 4.69) is 54.7 Å². The van der Waals surface area contributed by atoms with Crippen LogP contribution in [-0.2, 0) is 0 Å². The zero-order chi connectivity index (χ0) is 23.2. The molecule has 33 heavy (non-hydrogen) atoms. The van der Waals surface area contributed by atoms with Crippen molar-refractivity contribution in [2.45, 2.75) is 20.8 Å². The third kappa shape index (κ3) is 5.23. The number of nitrogens with one attached hydrogen (secondary N) is 1. The van der Waals surface area contributed by atoms with Crippen molar-refractivity contribution >= 4 is 22.7 Å². The van der Waals surface area contributed by atoms with E-state index < -0.39 is 0 Å². The zero-order valence-corrected chi connectivity index (χ0v) is 20.1. The lowest BCUT2D eigenvalue weighted by Gasteiger charge is -2.09. The Bertz CT molecular complexity index is 1270. The Morgan fingerprint density at radius 3 is 2.48 bits per heavy atom. The maximum Gasteiger partial charge on any atom is 0.204 e. The lowest BCUT2D eigenvalue weighted by molar-refractivity contribution is 0.311. The van der Waals surface area contributed by atoms with E-state index >= 15 is 0 Å². The number of thiazole rings is 1. The summed E-state index contributed by atoms with van der Waals surface area (Å²) in [6.45, 7) is 6.76. The van der Waals surface area contributed by atoms with Crippen molar-refractivity contribution in [1.82, 2.24) is 4.98 Å². The number of methoxy groups -OCH3 is 1. The van der Waals surface area contributed by atoms with Crippen molar-refractivity contribution in [3.63, 3.8) is 0 Å². The molecule has 1 aromatic heterocycles. The predicted molar refractivity (Wildman–Crippen MR) is 138 cm³/mol. The fraction of sp³-hybridized carbons (Fsp3) is 0.185. The van der Waals surface area contributed by atoms with Gasteiger partial charge in [0.15, 0.2) is 11.5 Å². The van der Waals surface area contributed by atoms with E-state index in [4.69, 9.17) is 14.5 Å². The monoisotopic (exact) mass is 457 g/mol. The predicted octanol–water partition coefficient (Wildman–Crippen LogP) is 6.95. The molecule has 0 atom stereocenters. The van der Waals surface area contributed by atoms with Crippen LogP contribution in [0.5, 0.6) is 11.5 Å². The molecule has 0 spiro atoms. The number of rotatable bonds is 8. The summed E-state index contributed by atoms with van der Waals surface area (Å²) in [6, 6.07) is 22.5. The highest BCUT2D eigenvalue weighted by molar-refractivity contribution is 7.19. The van der Waals surface area contributed by atoms with Gasteiger partial charge in [0.25, 0.3) is 0 Å². The summed E-state index contributed by atoms with van der Waals surface area (Å²) in [4.78, 5) is 5.99. The number of ether oxygens (including phenoxy) is 2. The Morgan fingerprint density at radius 2 is 1.76 bits per heavy atom. The Hall–Kier alpha value is -3.64. The number of benzene rings is 3. The van der Waals surface area contributed by atoms with Crippen LogP contribution in [-0.4, -0.2) is 24.9 Å². The molecule has 4 rings (SSSR count). The number of aryl methyl sites for hydroxylation is 2. The van der Waals surface area contributed by atoms with Crippen LogP contribution in [0.2, 0.25) is 0 Å². The molecule has 0 bridgehead atoms. The summed E-state index contributed by atoms with van der Waals surface area (Å²) in [5.41, 5.74) is 9.71. The largest absolute Gasteiger partial charge is 0.493 e. The number of hydrogen-bond acceptors (Lipinski definition) is 6. The number of anilines is 1. The van der Waals surface area contributed by atoms with Crippen molar-refractivity contribution in [3.8, 4) is 33.2 Å². The maximum atomic E-state index is 5.65. The Labute approximate surface area is 198 Å². The SMILES string of the molecule is CCOc1cc(/C=N\Nc2nc(-c3ccc(C)c(C)c3)c(-c3ccccc3)s2)ccc1OC. The number of aromatic nitrogens is 1. The van der Waals surface area contributed by atoms with Gasteiger partial charge < -0.3 is 9.47 Å². The molecule has 1 N–H and O–H groups in total. The van der Waals surface area contributed by atoms with Crippen LogP contribution < -0.4 is 14.9 Å². The van der Waals surface area contributed by atoms with Crippen molar-refractivity contribution in [3.05, 3.63) is 83.4 Å². The van der Waals surface area contributed by atoms with E-state index in [0.717, 1.165) is 32.4 Å². The first-order chi connectivity index (χ1) is 16.1. The molecule has 0 saturated carbocycles. The molecule has 0 aliphatic carbocycles. The topological polar surface area (TPSA) is 55.7 Å². The van der Waals surface area contributed by atoms with Gasteiger partial charge in [-0.2, -0.15) is 5.10 Å². The summed E-state index contributed by atoms with van der Waals surface area (Å²) < 4.78 is 11.0. The van der Waals surface area contributed by atoms with Crippen molar-refractivity contribution in [2.24, 2.45) is 5.10 Å². The van der Waals surface area contributed by atoms with Gasteiger partial charge in [0.1, 0.15) is 0 Å². The molecule has 5 nitrogen and oxygen atoms in total. The second-order valence-electron chi connectivity index (χ2n) is 7.58. The van der Waals surface area contributed by atoms with Gasteiger partial charge >= 0.3 is 0 Å². The number of hydrogen-bond donors (Lipinski definition) is 1. The summed E-state index contributed by atoms with van der Waals surface area (Å²) >= 11 is 1.59. The third-order valence-electron chi connectivity index (χ3n) is 5.30. The molecule has 6 heteroatoms. The maximum absolute atomic E-state index is 5.65. The van der Waals surface area contributed by atoms with Crippen LogP contribution in [0, 0.1) is 13.8 Å². The summed E-state index contributed by atoms with van der Waals surface area (Å²) in [5, 5.41) is 5.15. The van der Waals surface area contributed by atoms with Gasteiger partial charge in [-0.3, -0.25) is 5.43 Å². The van der Waals surface area contributed by atoms with Crippen molar-refractivity contribution in [2.75, 3.05) is 19.1 Å². The molecule has 0 unspecified atom stereocenters. The average molecular weight is 458 g/mol. The highest BCUT2D eigenvalue weighted by Crippen LogP contribution is 2.39. The number of nitrogens with zero attached hydrogens (tertiary/aromatic N) is 2. The van der Waals surface area contributed by atoms with Gasteiger partial charge in [-0.25, -0.2) is 4.98 Å². The fourth-order valence-electron chi connectivity index (χ4n) is 3.44. The summed E-state index contributed by atoms with van der Waals surface area (Å²) in [7, 11) is 1.63. The molecule has 4 aromatic rings. The minimum absolute atomic E-state index is 0.567. The standard InChI is InChI=1S/C27H27N3O2S/c1-5-32-24-16-20(12-14-23(24)31-4)17-28-30-27-29-25(22-13-11-18(2)19(3)15-22)26(33-27)21-9-7-6-8-10-21/h6-17H,5H2,1-4H3,(H,29,30)/b28-17-. The molecule has 0 fully saturated rings. The van der Waals surface area contributed by atoms with Gasteiger partial charge in [0, 0.05) is 5.56 Å². The fourth-order valence-corrected chi connectivity index (χ4v) is 4.38. The quantitative estimate of drug-likeness (QED) is 0.230. The molecule has 0 radical (unpaired) electrons. The highest BCUT2D eigenvalue weighted by Gasteiger charge is 2.15. The second kappa shape index (κ2) is 10.3. The normalized spacial score (nSPS) is 11.0. The van der Waals surface area contributed by atoms with E-state index in [1.54, 1.807) is 24.7 Å². The second-order valence-corrected chi connectivity index (χ2v) is 8.57. The van der Waals surface area contributed by atoms with Gasteiger partial charge in [-0.1, -0.05) is 53.8 Å². The first kappa shape index (κ1) is 22.6. The van der Waals surface area contributed by atoms with Gasteiger partial charge in [-0.05, 0) is 67.3 Å². The highest BCUT2D eigenvalue weighted by atomic mass is 32.1. The molecule has 168 valence electrons. The molecule has 3 aromatic carbocycles. The van der Waals surface area contributed by atoms with Crippen molar-refractivity contribution in [1.29, 1.82) is 0 Å². The molecule has 0 saturated heterocycles. The van der Waals surface area contributed by atoms with E-state index in [1.165, 1.54) is 11.1 Å². The first-order valence-electron chi connectivity index (χ1n) is 10.8. The Kier molecular flexibility index (Phi) is 7.05. The van der Waals surface area contributed by atoms with E-state index in [0.29, 0.717) is 18.1 Å². The van der Waals surface area contributed by atoms with Crippen LogP contribution >= 0.6 is 11.3 Å². The lowest BCUT2D eigenvalue weighted by atomic mass is 10.0. The van der Waals surface area contributed by atoms with Gasteiger partial charge in [0.2, 0.25) is 5.13 Å². The average Bonchev–Trinajstić information content (AvgIpc) is 3.26. The van der Waals surface area contributed by atoms with Gasteiger partial charge in [0.05, 0.1) is 30.5 Å². The van der Waals surface area contributed by atoms with Crippen molar-refractivity contribution < 1.29 is 9.47 Å². The molecule has 0 amide bonds. The van der Waals surface area contributed by atoms with Gasteiger partial charge in [-0.15, -0.1) is 0 Å². The molecular formula is C27H27N3O2S. The molecule has 0 aliphatic rings. The van der Waals surface area contributed by atoms with Crippen LogP contribution in [0.25, 0.3) is 21.7 Å². The Morgan fingerprint density at radius 1 is 0.939 bits per heavy atom. The third-order valence-corrected chi connectivity index (χ3v) is 6.31. The van der Waals surface area contributed by atoms with E-state index in [9.17, 15) is 0 Å². The Balaban J connectivity index is 1.63. The zero-order valence-electron chi connectivity index (χ0n) is 19.3. The molecular weight excluding hydrogens is 430 g/mol. The number of hydrazone groups is 1. The summed E-state index contributed by atoms with van der Waals surface area (Å²) in [6.07, 6.45) is 1.75. The van der Waals surface area contributed by atoms with Crippen LogP contribution in [0.15, 0.2) is 71.8 Å². The van der Waals surface area contributed by atoms with E-state index in [-0.39, 0.29) is 0 Å². The van der Waals surface area contributed by atoms with Crippen LogP contribution in [0.4, 0.5) is 5.13 Å². The first-order valence-corrected chi connectivity index (χ1v) is 11.6. The van der Waals surface area contributed by atoms with Crippen LogP contribution in [0.1, 0.15) is 23.6 Å². The van der Waals surface area contributed by atoms with Crippen LogP contribution in [0.3, 0.4) is 0 Å². The minimum Gasteiger partial charge on any atom is -0.493 e.